The van der Waals surface area contributed by atoms with Crippen LogP contribution in [0.1, 0.15) is 24.3 Å². The first-order valence-corrected chi connectivity index (χ1v) is 10.1. The number of aromatic nitrogens is 4. The largest absolute Gasteiger partial charge is 0.497 e. The van der Waals surface area contributed by atoms with E-state index in [2.05, 4.69) is 15.2 Å². The summed E-state index contributed by atoms with van der Waals surface area (Å²) in [6.07, 6.45) is -0.0810. The first-order valence-electron chi connectivity index (χ1n) is 10.1. The van der Waals surface area contributed by atoms with Crippen LogP contribution >= 0.6 is 0 Å². The standard InChI is InChI=1S/C23H22N4O4/c1-3-29-20-7-5-4-6-18(20)22-24-23(31-26-22)19-12-16-14-30-21(13-27(16)25-19)15-8-10-17(28-2)11-9-15/h4-12,21H,3,13-14H2,1-2H3/t21-/m0/s1. The number of nitrogens with zero attached hydrogens (tertiary/aromatic N) is 4. The molecule has 0 bridgehead atoms. The molecular weight excluding hydrogens is 396 g/mol. The fourth-order valence-corrected chi connectivity index (χ4v) is 3.62. The molecule has 1 atom stereocenters. The predicted molar refractivity (Wildman–Crippen MR) is 113 cm³/mol. The number of rotatable bonds is 6. The summed E-state index contributed by atoms with van der Waals surface area (Å²) in [6.45, 7) is 3.56. The smallest absolute Gasteiger partial charge is 0.278 e. The molecule has 31 heavy (non-hydrogen) atoms. The molecule has 0 spiro atoms. The van der Waals surface area contributed by atoms with Gasteiger partial charge >= 0.3 is 0 Å². The number of benzene rings is 2. The second-order valence-corrected chi connectivity index (χ2v) is 7.13. The Morgan fingerprint density at radius 1 is 1.13 bits per heavy atom. The zero-order chi connectivity index (χ0) is 21.2. The van der Waals surface area contributed by atoms with Gasteiger partial charge in [0, 0.05) is 0 Å². The van der Waals surface area contributed by atoms with E-state index in [0.717, 1.165) is 28.3 Å². The van der Waals surface area contributed by atoms with Crippen LogP contribution in [0.25, 0.3) is 23.0 Å². The normalized spacial score (nSPS) is 15.5. The molecule has 158 valence electrons. The van der Waals surface area contributed by atoms with Crippen molar-refractivity contribution in [3.05, 3.63) is 65.9 Å². The highest BCUT2D eigenvalue weighted by molar-refractivity contribution is 5.65. The molecule has 3 heterocycles. The average molecular weight is 418 g/mol. The fourth-order valence-electron chi connectivity index (χ4n) is 3.62. The van der Waals surface area contributed by atoms with Gasteiger partial charge in [-0.2, -0.15) is 10.1 Å². The van der Waals surface area contributed by atoms with Crippen LogP contribution in [0.2, 0.25) is 0 Å². The molecule has 0 fully saturated rings. The number of fused-ring (bicyclic) bond motifs is 1. The maximum Gasteiger partial charge on any atom is 0.278 e. The van der Waals surface area contributed by atoms with Gasteiger partial charge < -0.3 is 18.7 Å². The third-order valence-electron chi connectivity index (χ3n) is 5.20. The van der Waals surface area contributed by atoms with Crippen LogP contribution in [0.4, 0.5) is 0 Å². The highest BCUT2D eigenvalue weighted by atomic mass is 16.5. The van der Waals surface area contributed by atoms with Gasteiger partial charge in [0.05, 0.1) is 38.1 Å². The van der Waals surface area contributed by atoms with Gasteiger partial charge in [0.2, 0.25) is 5.82 Å². The predicted octanol–water partition coefficient (Wildman–Crippen LogP) is 4.28. The van der Waals surface area contributed by atoms with Crippen LogP contribution < -0.4 is 9.47 Å². The summed E-state index contributed by atoms with van der Waals surface area (Å²) in [5, 5.41) is 8.81. The van der Waals surface area contributed by atoms with Gasteiger partial charge in [-0.1, -0.05) is 29.4 Å². The monoisotopic (exact) mass is 418 g/mol. The SMILES string of the molecule is CCOc1ccccc1-c1noc(-c2cc3n(n2)C[C@@H](c2ccc(OC)cc2)OC3)n1. The second-order valence-electron chi connectivity index (χ2n) is 7.13. The molecule has 5 rings (SSSR count). The Hall–Kier alpha value is -3.65. The summed E-state index contributed by atoms with van der Waals surface area (Å²) >= 11 is 0. The lowest BCUT2D eigenvalue weighted by Crippen LogP contribution is -2.21. The molecule has 8 nitrogen and oxygen atoms in total. The van der Waals surface area contributed by atoms with Crippen molar-refractivity contribution < 1.29 is 18.7 Å². The quantitative estimate of drug-likeness (QED) is 0.462. The number of ether oxygens (including phenoxy) is 3. The fraction of sp³-hybridized carbons (Fsp3) is 0.261. The first kappa shape index (κ1) is 19.3. The Kier molecular flexibility index (Phi) is 5.13. The lowest BCUT2D eigenvalue weighted by molar-refractivity contribution is -0.00115. The van der Waals surface area contributed by atoms with E-state index in [-0.39, 0.29) is 6.10 Å². The Labute approximate surface area is 179 Å². The molecule has 1 aliphatic rings. The van der Waals surface area contributed by atoms with E-state index in [1.54, 1.807) is 7.11 Å². The van der Waals surface area contributed by atoms with E-state index >= 15 is 0 Å². The molecule has 0 radical (unpaired) electrons. The maximum atomic E-state index is 6.05. The average Bonchev–Trinajstić information content (AvgIpc) is 3.46. The van der Waals surface area contributed by atoms with Crippen molar-refractivity contribution in [2.75, 3.05) is 13.7 Å². The van der Waals surface area contributed by atoms with Crippen LogP contribution in [0.15, 0.2) is 59.1 Å². The summed E-state index contributed by atoms with van der Waals surface area (Å²) in [6, 6.07) is 17.4. The molecule has 0 saturated heterocycles. The Balaban J connectivity index is 1.38. The third-order valence-corrected chi connectivity index (χ3v) is 5.20. The van der Waals surface area contributed by atoms with Crippen molar-refractivity contribution >= 4 is 0 Å². The molecule has 0 N–H and O–H groups in total. The maximum absolute atomic E-state index is 6.05. The summed E-state index contributed by atoms with van der Waals surface area (Å²) in [7, 11) is 1.65. The third kappa shape index (κ3) is 3.77. The second kappa shape index (κ2) is 8.23. The molecule has 0 aliphatic carbocycles. The van der Waals surface area contributed by atoms with Gasteiger partial charge in [-0.25, -0.2) is 0 Å². The lowest BCUT2D eigenvalue weighted by atomic mass is 10.1. The molecular formula is C23H22N4O4. The van der Waals surface area contributed by atoms with Crippen LogP contribution in [0.3, 0.4) is 0 Å². The molecule has 4 aromatic rings. The topological polar surface area (TPSA) is 84.4 Å². The molecule has 0 unspecified atom stereocenters. The van der Waals surface area contributed by atoms with E-state index in [0.29, 0.717) is 37.2 Å². The number of methoxy groups -OCH3 is 1. The van der Waals surface area contributed by atoms with Gasteiger partial charge in [-0.3, -0.25) is 4.68 Å². The van der Waals surface area contributed by atoms with E-state index in [4.69, 9.17) is 18.7 Å². The van der Waals surface area contributed by atoms with Crippen molar-refractivity contribution in [3.8, 4) is 34.5 Å². The Morgan fingerprint density at radius 2 is 1.97 bits per heavy atom. The minimum atomic E-state index is -0.0810. The van der Waals surface area contributed by atoms with Crippen molar-refractivity contribution in [1.82, 2.24) is 19.9 Å². The molecule has 0 amide bonds. The van der Waals surface area contributed by atoms with E-state index in [1.807, 2.05) is 66.2 Å². The summed E-state index contributed by atoms with van der Waals surface area (Å²) in [5.41, 5.74) is 3.46. The summed E-state index contributed by atoms with van der Waals surface area (Å²) in [5.74, 6) is 2.37. The minimum absolute atomic E-state index is 0.0810. The first-order chi connectivity index (χ1) is 15.2. The van der Waals surface area contributed by atoms with Crippen LogP contribution in [0.5, 0.6) is 11.5 Å². The van der Waals surface area contributed by atoms with Crippen LogP contribution in [0, 0.1) is 0 Å². The van der Waals surface area contributed by atoms with E-state index in [1.165, 1.54) is 0 Å². The Morgan fingerprint density at radius 3 is 2.77 bits per heavy atom. The van der Waals surface area contributed by atoms with E-state index in [9.17, 15) is 0 Å². The van der Waals surface area contributed by atoms with Gasteiger partial charge in [0.25, 0.3) is 5.89 Å². The number of hydrogen-bond donors (Lipinski definition) is 0. The van der Waals surface area contributed by atoms with Gasteiger partial charge in [-0.05, 0) is 42.8 Å². The minimum Gasteiger partial charge on any atom is -0.497 e. The molecule has 1 aliphatic heterocycles. The van der Waals surface area contributed by atoms with E-state index < -0.39 is 0 Å². The molecule has 8 heteroatoms. The van der Waals surface area contributed by atoms with Crippen molar-refractivity contribution in [2.24, 2.45) is 0 Å². The van der Waals surface area contributed by atoms with Crippen LogP contribution in [-0.4, -0.2) is 33.6 Å². The lowest BCUT2D eigenvalue weighted by Gasteiger charge is -2.24. The Bertz CT molecular complexity index is 1180. The highest BCUT2D eigenvalue weighted by Crippen LogP contribution is 2.32. The molecule has 2 aromatic carbocycles. The van der Waals surface area contributed by atoms with Gasteiger partial charge in [0.15, 0.2) is 5.69 Å². The summed E-state index contributed by atoms with van der Waals surface area (Å²) < 4.78 is 24.4. The zero-order valence-corrected chi connectivity index (χ0v) is 17.3. The van der Waals surface area contributed by atoms with Crippen molar-refractivity contribution in [1.29, 1.82) is 0 Å². The number of para-hydroxylation sites is 1. The van der Waals surface area contributed by atoms with Crippen LogP contribution in [-0.2, 0) is 17.9 Å². The summed E-state index contributed by atoms with van der Waals surface area (Å²) in [4.78, 5) is 4.55. The van der Waals surface area contributed by atoms with Gasteiger partial charge in [-0.15, -0.1) is 0 Å². The van der Waals surface area contributed by atoms with Crippen molar-refractivity contribution in [2.45, 2.75) is 26.2 Å². The van der Waals surface area contributed by atoms with Crippen molar-refractivity contribution in [3.63, 3.8) is 0 Å². The molecule has 0 saturated carbocycles. The molecule has 2 aromatic heterocycles. The highest BCUT2D eigenvalue weighted by Gasteiger charge is 2.25. The number of hydrogen-bond acceptors (Lipinski definition) is 7. The van der Waals surface area contributed by atoms with Gasteiger partial charge in [0.1, 0.15) is 17.6 Å². The zero-order valence-electron chi connectivity index (χ0n) is 17.3.